The molecule has 0 unspecified atom stereocenters. The highest BCUT2D eigenvalue weighted by atomic mass is 19.4. The van der Waals surface area contributed by atoms with E-state index in [1.54, 1.807) is 36.5 Å². The number of benzene rings is 2. The molecule has 126 valence electrons. The third-order valence-electron chi connectivity index (χ3n) is 3.81. The summed E-state index contributed by atoms with van der Waals surface area (Å²) in [6.07, 6.45) is -2.95. The summed E-state index contributed by atoms with van der Waals surface area (Å²) in [6, 6.07) is 10.4. The fraction of sp³-hybridized carbons (Fsp3) is 0.118. The third kappa shape index (κ3) is 2.86. The van der Waals surface area contributed by atoms with Gasteiger partial charge in [0, 0.05) is 16.5 Å². The molecule has 0 bridgehead atoms. The molecule has 0 saturated carbocycles. The van der Waals surface area contributed by atoms with Gasteiger partial charge in [-0.1, -0.05) is 11.6 Å². The van der Waals surface area contributed by atoms with Crippen molar-refractivity contribution in [1.82, 2.24) is 20.2 Å². The van der Waals surface area contributed by atoms with Gasteiger partial charge in [-0.25, -0.2) is 9.97 Å². The molecule has 0 aliphatic heterocycles. The Morgan fingerprint density at radius 3 is 2.68 bits per heavy atom. The van der Waals surface area contributed by atoms with Gasteiger partial charge in [0.05, 0.1) is 17.2 Å². The van der Waals surface area contributed by atoms with Crippen LogP contribution in [-0.4, -0.2) is 20.2 Å². The van der Waals surface area contributed by atoms with E-state index < -0.39 is 12.0 Å². The summed E-state index contributed by atoms with van der Waals surface area (Å²) in [7, 11) is 0. The van der Waals surface area contributed by atoms with Crippen molar-refractivity contribution in [3.8, 4) is 0 Å². The first-order valence-electron chi connectivity index (χ1n) is 7.46. The lowest BCUT2D eigenvalue weighted by molar-refractivity contribution is -0.144. The van der Waals surface area contributed by atoms with Crippen LogP contribution in [0.5, 0.6) is 0 Å². The van der Waals surface area contributed by atoms with Crippen LogP contribution < -0.4 is 5.32 Å². The largest absolute Gasteiger partial charge is 0.451 e. The first-order valence-corrected chi connectivity index (χ1v) is 7.46. The maximum Gasteiger partial charge on any atom is 0.451 e. The second-order valence-electron chi connectivity index (χ2n) is 5.71. The summed E-state index contributed by atoms with van der Waals surface area (Å²) in [6.45, 7) is 1.86. The predicted octanol–water partition coefficient (Wildman–Crippen LogP) is 4.58. The van der Waals surface area contributed by atoms with Crippen molar-refractivity contribution in [2.75, 3.05) is 5.32 Å². The predicted molar refractivity (Wildman–Crippen MR) is 88.7 cm³/mol. The van der Waals surface area contributed by atoms with Gasteiger partial charge in [-0.05, 0) is 37.3 Å². The number of hydrogen-bond acceptors (Lipinski definition) is 4. The molecule has 2 aromatic heterocycles. The van der Waals surface area contributed by atoms with Crippen LogP contribution in [0.1, 0.15) is 11.4 Å². The Balaban J connectivity index is 1.87. The summed E-state index contributed by atoms with van der Waals surface area (Å²) in [5.41, 5.74) is 2.52. The minimum Gasteiger partial charge on any atom is -0.340 e. The van der Waals surface area contributed by atoms with Crippen molar-refractivity contribution < 1.29 is 13.2 Å². The number of aryl methyl sites for hydroxylation is 1. The molecule has 2 heterocycles. The second-order valence-corrected chi connectivity index (χ2v) is 5.71. The third-order valence-corrected chi connectivity index (χ3v) is 3.81. The summed E-state index contributed by atoms with van der Waals surface area (Å²) in [5, 5.41) is 11.2. The second kappa shape index (κ2) is 5.44. The number of H-pyrrole nitrogens is 1. The molecule has 0 amide bonds. The number of rotatable bonds is 2. The molecule has 0 aliphatic carbocycles. The number of aromatic amines is 1. The highest BCUT2D eigenvalue weighted by molar-refractivity contribution is 5.92. The standard InChI is InChI=1S/C17H12F3N5/c1-9-2-5-13-12(6-9)15(24-16(23-13)17(18,19)20)22-11-4-3-10-8-21-25-14(10)7-11/h2-8H,1H3,(H,21,25)(H,22,23,24). The minimum atomic E-state index is -4.62. The van der Waals surface area contributed by atoms with Crippen LogP contribution >= 0.6 is 0 Å². The van der Waals surface area contributed by atoms with Gasteiger partial charge in [0.15, 0.2) is 0 Å². The van der Waals surface area contributed by atoms with E-state index in [0.717, 1.165) is 16.5 Å². The molecular formula is C17H12F3N5. The smallest absolute Gasteiger partial charge is 0.340 e. The quantitative estimate of drug-likeness (QED) is 0.559. The van der Waals surface area contributed by atoms with Crippen LogP contribution in [-0.2, 0) is 6.18 Å². The number of aromatic nitrogens is 4. The van der Waals surface area contributed by atoms with Crippen LogP contribution in [0, 0.1) is 6.92 Å². The fourth-order valence-electron chi connectivity index (χ4n) is 2.62. The Bertz CT molecular complexity index is 1080. The summed E-state index contributed by atoms with van der Waals surface area (Å²) >= 11 is 0. The maximum absolute atomic E-state index is 13.1. The minimum absolute atomic E-state index is 0.111. The van der Waals surface area contributed by atoms with Crippen molar-refractivity contribution in [2.24, 2.45) is 0 Å². The molecule has 4 rings (SSSR count). The molecule has 0 spiro atoms. The monoisotopic (exact) mass is 343 g/mol. The molecule has 2 aromatic carbocycles. The average molecular weight is 343 g/mol. The SMILES string of the molecule is Cc1ccc2nc(C(F)(F)F)nc(Nc3ccc4cn[nH]c4c3)c2c1. The fourth-order valence-corrected chi connectivity index (χ4v) is 2.62. The normalized spacial score (nSPS) is 12.0. The molecule has 25 heavy (non-hydrogen) atoms. The van der Waals surface area contributed by atoms with Crippen LogP contribution in [0.2, 0.25) is 0 Å². The van der Waals surface area contributed by atoms with Crippen LogP contribution in [0.15, 0.2) is 42.6 Å². The molecule has 4 aromatic rings. The Morgan fingerprint density at radius 1 is 1.04 bits per heavy atom. The van der Waals surface area contributed by atoms with Gasteiger partial charge in [0.25, 0.3) is 0 Å². The van der Waals surface area contributed by atoms with Crippen molar-refractivity contribution in [3.63, 3.8) is 0 Å². The van der Waals surface area contributed by atoms with E-state index in [9.17, 15) is 13.2 Å². The Kier molecular flexibility index (Phi) is 3.34. The Hall–Kier alpha value is -3.16. The molecule has 0 radical (unpaired) electrons. The van der Waals surface area contributed by atoms with Gasteiger partial charge in [-0.2, -0.15) is 18.3 Å². The number of fused-ring (bicyclic) bond motifs is 2. The maximum atomic E-state index is 13.1. The summed E-state index contributed by atoms with van der Waals surface area (Å²) in [4.78, 5) is 7.34. The Labute approximate surface area is 139 Å². The van der Waals surface area contributed by atoms with Crippen molar-refractivity contribution in [1.29, 1.82) is 0 Å². The first kappa shape index (κ1) is 15.4. The molecule has 2 N–H and O–H groups in total. The molecule has 0 atom stereocenters. The highest BCUT2D eigenvalue weighted by Gasteiger charge is 2.35. The van der Waals surface area contributed by atoms with Gasteiger partial charge in [-0.15, -0.1) is 0 Å². The van der Waals surface area contributed by atoms with E-state index >= 15 is 0 Å². The van der Waals surface area contributed by atoms with E-state index in [1.165, 1.54) is 0 Å². The van der Waals surface area contributed by atoms with Crippen LogP contribution in [0.25, 0.3) is 21.8 Å². The van der Waals surface area contributed by atoms with Gasteiger partial charge in [0.2, 0.25) is 5.82 Å². The number of nitrogens with zero attached hydrogens (tertiary/aromatic N) is 3. The molecular weight excluding hydrogens is 331 g/mol. The van der Waals surface area contributed by atoms with E-state index in [4.69, 9.17) is 0 Å². The zero-order chi connectivity index (χ0) is 17.6. The van der Waals surface area contributed by atoms with Crippen molar-refractivity contribution >= 4 is 33.3 Å². The zero-order valence-corrected chi connectivity index (χ0v) is 13.0. The van der Waals surface area contributed by atoms with Crippen LogP contribution in [0.3, 0.4) is 0 Å². The molecule has 0 aliphatic rings. The van der Waals surface area contributed by atoms with Gasteiger partial charge < -0.3 is 5.32 Å². The van der Waals surface area contributed by atoms with E-state index in [0.29, 0.717) is 11.1 Å². The van der Waals surface area contributed by atoms with E-state index in [-0.39, 0.29) is 11.3 Å². The number of hydrogen-bond donors (Lipinski definition) is 2. The number of alkyl halides is 3. The topological polar surface area (TPSA) is 66.5 Å². The number of nitrogens with one attached hydrogen (secondary N) is 2. The molecule has 5 nitrogen and oxygen atoms in total. The van der Waals surface area contributed by atoms with Crippen molar-refractivity contribution in [2.45, 2.75) is 13.1 Å². The van der Waals surface area contributed by atoms with E-state index in [2.05, 4.69) is 25.5 Å². The van der Waals surface area contributed by atoms with Crippen LogP contribution in [0.4, 0.5) is 24.7 Å². The van der Waals surface area contributed by atoms with Gasteiger partial charge in [-0.3, -0.25) is 5.10 Å². The lowest BCUT2D eigenvalue weighted by Crippen LogP contribution is -2.12. The first-order chi connectivity index (χ1) is 11.9. The molecule has 0 fully saturated rings. The van der Waals surface area contributed by atoms with Gasteiger partial charge in [0.1, 0.15) is 5.82 Å². The average Bonchev–Trinajstić information content (AvgIpc) is 3.02. The number of anilines is 2. The lowest BCUT2D eigenvalue weighted by Gasteiger charge is -2.13. The zero-order valence-electron chi connectivity index (χ0n) is 13.0. The van der Waals surface area contributed by atoms with Crippen molar-refractivity contribution in [3.05, 3.63) is 54.0 Å². The number of halogens is 3. The van der Waals surface area contributed by atoms with E-state index in [1.807, 2.05) is 13.0 Å². The summed E-state index contributed by atoms with van der Waals surface area (Å²) in [5.74, 6) is -1.06. The van der Waals surface area contributed by atoms with Gasteiger partial charge >= 0.3 is 6.18 Å². The highest BCUT2D eigenvalue weighted by Crippen LogP contribution is 2.32. The Morgan fingerprint density at radius 2 is 1.88 bits per heavy atom. The molecule has 0 saturated heterocycles. The summed E-state index contributed by atoms with van der Waals surface area (Å²) < 4.78 is 39.3. The lowest BCUT2D eigenvalue weighted by atomic mass is 10.1. The molecule has 8 heteroatoms.